The van der Waals surface area contributed by atoms with Gasteiger partial charge in [-0.05, 0) is 82.7 Å². The van der Waals surface area contributed by atoms with Crippen LogP contribution < -0.4 is 0 Å². The number of piperazine rings is 1. The zero-order valence-corrected chi connectivity index (χ0v) is 27.4. The van der Waals surface area contributed by atoms with Gasteiger partial charge in [0, 0.05) is 70.0 Å². The number of carbonyl (C=O) groups excluding carboxylic acids is 2. The monoisotopic (exact) mass is 616 g/mol. The summed E-state index contributed by atoms with van der Waals surface area (Å²) >= 11 is 0. The Morgan fingerprint density at radius 2 is 1.82 bits per heavy atom. The molecule has 2 amide bonds. The summed E-state index contributed by atoms with van der Waals surface area (Å²) in [4.78, 5) is 40.0. The summed E-state index contributed by atoms with van der Waals surface area (Å²) in [6, 6.07) is 10.4. The van der Waals surface area contributed by atoms with Gasteiger partial charge in [0.2, 0.25) is 5.91 Å². The van der Waals surface area contributed by atoms with Crippen LogP contribution in [0.25, 0.3) is 0 Å². The molecule has 3 atom stereocenters. The van der Waals surface area contributed by atoms with Gasteiger partial charge in [0.05, 0.1) is 12.4 Å². The van der Waals surface area contributed by atoms with Crippen LogP contribution in [0.4, 0.5) is 4.79 Å². The van der Waals surface area contributed by atoms with Gasteiger partial charge in [0.25, 0.3) is 0 Å². The average molecular weight is 617 g/mol. The largest absolute Gasteiger partial charge is 0.444 e. The van der Waals surface area contributed by atoms with Gasteiger partial charge >= 0.3 is 6.09 Å². The highest BCUT2D eigenvalue weighted by Gasteiger charge is 2.40. The molecule has 2 aliphatic heterocycles. The van der Waals surface area contributed by atoms with Crippen molar-refractivity contribution < 1.29 is 19.4 Å². The minimum absolute atomic E-state index is 0.128. The van der Waals surface area contributed by atoms with Gasteiger partial charge < -0.3 is 24.2 Å². The van der Waals surface area contributed by atoms with Crippen LogP contribution in [-0.2, 0) is 35.3 Å². The Morgan fingerprint density at radius 3 is 2.58 bits per heavy atom. The van der Waals surface area contributed by atoms with Gasteiger partial charge in [-0.2, -0.15) is 0 Å². The molecule has 0 saturated carbocycles. The van der Waals surface area contributed by atoms with E-state index in [0.29, 0.717) is 45.7 Å². The normalized spacial score (nSPS) is 22.0. The predicted molar refractivity (Wildman–Crippen MR) is 173 cm³/mol. The maximum atomic E-state index is 13.4. The fourth-order valence-electron chi connectivity index (χ4n) is 6.53. The third-order valence-corrected chi connectivity index (χ3v) is 8.72. The first-order valence-corrected chi connectivity index (χ1v) is 16.1. The number of ether oxygens (including phenoxy) is 1. The Morgan fingerprint density at radius 1 is 1.02 bits per heavy atom. The van der Waals surface area contributed by atoms with E-state index in [9.17, 15) is 14.7 Å². The van der Waals surface area contributed by atoms with E-state index in [1.54, 1.807) is 22.3 Å². The van der Waals surface area contributed by atoms with Gasteiger partial charge in [-0.3, -0.25) is 14.7 Å². The molecule has 1 aliphatic carbocycles. The molecule has 1 aromatic carbocycles. The molecule has 45 heavy (non-hydrogen) atoms. The van der Waals surface area contributed by atoms with Crippen LogP contribution in [0.5, 0.6) is 0 Å². The van der Waals surface area contributed by atoms with Crippen molar-refractivity contribution in [3.63, 3.8) is 0 Å². The number of nitrogens with zero attached hydrogens (tertiary/aromatic N) is 6. The molecule has 6 rings (SSSR count). The molecule has 3 aliphatic rings. The standard InChI is InChI=1S/C20H33N5O4.C15H15N/c1-20(2,3)29-19(28)25-8-7-22(4)13-17(25)18(27)24-11-15(9-16(26)12-24)10-23-6-5-21-14-23;1-11-4-5-14-10-15-12(3-2-8-16-15)6-7-13(14)9-11/h5-6,14-17,26H,7-13H2,1-4H3;2-5,8-9H,6-7,10H2,1H3/t15?,16?,17-;/m1./s1. The number of amides is 2. The van der Waals surface area contributed by atoms with Crippen molar-refractivity contribution in [2.24, 2.45) is 5.92 Å². The van der Waals surface area contributed by atoms with Gasteiger partial charge in [-0.15, -0.1) is 0 Å². The maximum Gasteiger partial charge on any atom is 0.411 e. The topological polar surface area (TPSA) is 104 Å². The minimum Gasteiger partial charge on any atom is -0.444 e. The number of rotatable bonds is 3. The second-order valence-corrected chi connectivity index (χ2v) is 13.8. The number of pyridine rings is 1. The average Bonchev–Trinajstić information content (AvgIpc) is 3.42. The van der Waals surface area contributed by atoms with Crippen molar-refractivity contribution >= 4 is 12.0 Å². The SMILES string of the molecule is CN1CCN(C(=O)OC(C)(C)C)[C@@H](C(=O)N2CC(O)CC(Cn3ccnc3)C2)C1.Cc1ccc2c(c1)CCc1cccnc1C2. The zero-order chi connectivity index (χ0) is 32.1. The molecule has 4 heterocycles. The molecule has 10 nitrogen and oxygen atoms in total. The Kier molecular flexibility index (Phi) is 10.2. The van der Waals surface area contributed by atoms with Crippen LogP contribution in [0.1, 0.15) is 55.1 Å². The van der Waals surface area contributed by atoms with Gasteiger partial charge in [0.15, 0.2) is 0 Å². The maximum absolute atomic E-state index is 13.4. The van der Waals surface area contributed by atoms with Gasteiger partial charge in [0.1, 0.15) is 11.6 Å². The third kappa shape index (κ3) is 8.70. The number of hydrogen-bond acceptors (Lipinski definition) is 7. The number of aliphatic hydroxyl groups is 1. The number of imidazole rings is 1. The van der Waals surface area contributed by atoms with E-state index in [2.05, 4.69) is 41.2 Å². The highest BCUT2D eigenvalue weighted by molar-refractivity contribution is 5.86. The van der Waals surface area contributed by atoms with E-state index >= 15 is 0 Å². The van der Waals surface area contributed by atoms with Crippen LogP contribution in [-0.4, -0.2) is 104 Å². The number of benzene rings is 1. The van der Waals surface area contributed by atoms with Crippen LogP contribution in [0.2, 0.25) is 0 Å². The van der Waals surface area contributed by atoms with Crippen molar-refractivity contribution in [1.29, 1.82) is 0 Å². The summed E-state index contributed by atoms with van der Waals surface area (Å²) in [6.45, 7) is 10.7. The smallest absolute Gasteiger partial charge is 0.411 e. The number of aliphatic hydroxyl groups excluding tert-OH is 1. The number of piperidine rings is 1. The fourth-order valence-corrected chi connectivity index (χ4v) is 6.53. The molecule has 2 aromatic heterocycles. The number of aromatic nitrogens is 3. The molecule has 0 bridgehead atoms. The molecule has 10 heteroatoms. The number of aryl methyl sites for hydroxylation is 3. The third-order valence-electron chi connectivity index (χ3n) is 8.72. The van der Waals surface area contributed by atoms with Crippen molar-refractivity contribution in [2.75, 3.05) is 39.8 Å². The van der Waals surface area contributed by atoms with E-state index in [-0.39, 0.29) is 11.8 Å². The molecule has 242 valence electrons. The lowest BCUT2D eigenvalue weighted by Gasteiger charge is -2.43. The summed E-state index contributed by atoms with van der Waals surface area (Å²) in [5.41, 5.74) is 6.35. The number of likely N-dealkylation sites (tertiary alicyclic amines) is 1. The van der Waals surface area contributed by atoms with Crippen LogP contribution in [0, 0.1) is 12.8 Å². The first-order valence-electron chi connectivity index (χ1n) is 16.1. The Hall–Kier alpha value is -3.76. The number of likely N-dealkylation sites (N-methyl/N-ethyl adjacent to an activating group) is 1. The van der Waals surface area contributed by atoms with Crippen LogP contribution in [0.3, 0.4) is 0 Å². The lowest BCUT2D eigenvalue weighted by atomic mass is 9.95. The van der Waals surface area contributed by atoms with Gasteiger partial charge in [-0.1, -0.05) is 29.8 Å². The van der Waals surface area contributed by atoms with Crippen LogP contribution in [0.15, 0.2) is 55.2 Å². The predicted octanol–water partition coefficient (Wildman–Crippen LogP) is 3.72. The summed E-state index contributed by atoms with van der Waals surface area (Å²) < 4.78 is 7.50. The number of fused-ring (bicyclic) bond motifs is 2. The highest BCUT2D eigenvalue weighted by Crippen LogP contribution is 2.25. The lowest BCUT2D eigenvalue weighted by molar-refractivity contribution is -0.143. The van der Waals surface area contributed by atoms with Crippen molar-refractivity contribution in [1.82, 2.24) is 29.2 Å². The summed E-state index contributed by atoms with van der Waals surface area (Å²) in [6.07, 6.45) is 10.1. The second-order valence-electron chi connectivity index (χ2n) is 13.8. The van der Waals surface area contributed by atoms with Crippen molar-refractivity contribution in [3.05, 3.63) is 83.2 Å². The number of hydrogen-bond donors (Lipinski definition) is 1. The molecular formula is C35H48N6O4. The zero-order valence-electron chi connectivity index (χ0n) is 27.4. The summed E-state index contributed by atoms with van der Waals surface area (Å²) in [5, 5.41) is 10.4. The van der Waals surface area contributed by atoms with E-state index in [0.717, 1.165) is 19.3 Å². The molecule has 2 saturated heterocycles. The fraction of sp³-hybridized carbons (Fsp3) is 0.543. The Balaban J connectivity index is 0.000000209. The molecular weight excluding hydrogens is 568 g/mol. The Bertz CT molecular complexity index is 1450. The van der Waals surface area contributed by atoms with E-state index in [1.165, 1.54) is 27.9 Å². The molecule has 1 N–H and O–H groups in total. The molecule has 2 fully saturated rings. The minimum atomic E-state index is -0.620. The quantitative estimate of drug-likeness (QED) is 0.479. The van der Waals surface area contributed by atoms with Crippen molar-refractivity contribution in [2.45, 2.75) is 77.7 Å². The molecule has 3 aromatic rings. The van der Waals surface area contributed by atoms with E-state index < -0.39 is 23.8 Å². The highest BCUT2D eigenvalue weighted by atomic mass is 16.6. The first kappa shape index (κ1) is 32.6. The molecule has 2 unspecified atom stereocenters. The lowest BCUT2D eigenvalue weighted by Crippen LogP contribution is -2.62. The first-order chi connectivity index (χ1) is 21.4. The van der Waals surface area contributed by atoms with Crippen LogP contribution >= 0.6 is 0 Å². The molecule has 0 radical (unpaired) electrons. The Labute approximate surface area is 267 Å². The number of β-amino-alcohol motifs (C(OH)–C–C–N with tert-alkyl or cyclic N) is 1. The van der Waals surface area contributed by atoms with Gasteiger partial charge in [-0.25, -0.2) is 9.78 Å². The van der Waals surface area contributed by atoms with E-state index in [1.807, 2.05) is 55.7 Å². The number of carbonyl (C=O) groups is 2. The molecule has 0 spiro atoms. The second kappa shape index (κ2) is 14.1. The summed E-state index contributed by atoms with van der Waals surface area (Å²) in [5.74, 6) is 0.00462. The van der Waals surface area contributed by atoms with Crippen molar-refractivity contribution in [3.8, 4) is 0 Å². The van der Waals surface area contributed by atoms with E-state index in [4.69, 9.17) is 4.74 Å². The summed E-state index contributed by atoms with van der Waals surface area (Å²) in [7, 11) is 1.94.